The van der Waals surface area contributed by atoms with Crippen LogP contribution >= 0.6 is 0 Å². The third-order valence-corrected chi connectivity index (χ3v) is 5.37. The van der Waals surface area contributed by atoms with Crippen molar-refractivity contribution in [3.8, 4) is 0 Å². The molecule has 1 aromatic rings. The molecule has 1 aliphatic carbocycles. The summed E-state index contributed by atoms with van der Waals surface area (Å²) in [6.07, 6.45) is 3.76. The van der Waals surface area contributed by atoms with Crippen molar-refractivity contribution in [2.75, 3.05) is 0 Å². The minimum Gasteiger partial charge on any atom is -0.352 e. The van der Waals surface area contributed by atoms with Gasteiger partial charge >= 0.3 is 6.03 Å². The molecular formula is C19H25N3O3. The molecule has 134 valence electrons. The molecule has 1 spiro atoms. The summed E-state index contributed by atoms with van der Waals surface area (Å²) in [7, 11) is 0. The normalized spacial score (nSPS) is 26.0. The first kappa shape index (κ1) is 17.5. The molecule has 2 aliphatic rings. The second-order valence-corrected chi connectivity index (χ2v) is 7.17. The van der Waals surface area contributed by atoms with Crippen molar-refractivity contribution in [3.63, 3.8) is 0 Å². The Morgan fingerprint density at radius 2 is 2.08 bits per heavy atom. The summed E-state index contributed by atoms with van der Waals surface area (Å²) in [6.45, 7) is 4.22. The third kappa shape index (κ3) is 3.38. The molecule has 0 radical (unpaired) electrons. The fourth-order valence-electron chi connectivity index (χ4n) is 3.89. The standard InChI is InChI=1S/C19H25N3O3/c1-13-6-3-4-9-19(13)17(24)22(18(25)21-19)12-16-8-5-7-15(10-16)11-20-14(2)23/h5,7-8,10,13H,3-4,6,9,11-12H2,1-2H3,(H,20,23)(H,21,25)/t13-,19-/m1/s1. The number of hydrogen-bond acceptors (Lipinski definition) is 3. The molecule has 1 aliphatic heterocycles. The minimum atomic E-state index is -0.719. The van der Waals surface area contributed by atoms with Crippen LogP contribution in [0.1, 0.15) is 50.7 Å². The van der Waals surface area contributed by atoms with Gasteiger partial charge in [0, 0.05) is 13.5 Å². The minimum absolute atomic E-state index is 0.0901. The van der Waals surface area contributed by atoms with E-state index in [0.29, 0.717) is 6.54 Å². The number of benzene rings is 1. The highest BCUT2D eigenvalue weighted by molar-refractivity contribution is 6.07. The largest absolute Gasteiger partial charge is 0.352 e. The van der Waals surface area contributed by atoms with Crippen molar-refractivity contribution >= 4 is 17.8 Å². The molecule has 1 saturated heterocycles. The van der Waals surface area contributed by atoms with Crippen molar-refractivity contribution in [1.82, 2.24) is 15.5 Å². The van der Waals surface area contributed by atoms with Crippen LogP contribution in [0.25, 0.3) is 0 Å². The SMILES string of the molecule is CC(=O)NCc1cccc(CN2C(=O)N[C@@]3(CCCC[C@H]3C)C2=O)c1. The number of nitrogens with zero attached hydrogens (tertiary/aromatic N) is 1. The van der Waals surface area contributed by atoms with E-state index in [9.17, 15) is 14.4 Å². The molecule has 0 unspecified atom stereocenters. The van der Waals surface area contributed by atoms with Crippen molar-refractivity contribution in [2.24, 2.45) is 5.92 Å². The summed E-state index contributed by atoms with van der Waals surface area (Å²) < 4.78 is 0. The maximum Gasteiger partial charge on any atom is 0.325 e. The highest BCUT2D eigenvalue weighted by Crippen LogP contribution is 2.38. The van der Waals surface area contributed by atoms with Gasteiger partial charge in [0.2, 0.25) is 5.91 Å². The first-order chi connectivity index (χ1) is 11.9. The molecule has 4 amide bonds. The monoisotopic (exact) mass is 343 g/mol. The number of nitrogens with one attached hydrogen (secondary N) is 2. The van der Waals surface area contributed by atoms with E-state index in [1.54, 1.807) is 0 Å². The van der Waals surface area contributed by atoms with Crippen LogP contribution in [-0.2, 0) is 22.7 Å². The van der Waals surface area contributed by atoms with E-state index >= 15 is 0 Å². The highest BCUT2D eigenvalue weighted by Gasteiger charge is 2.54. The molecule has 1 heterocycles. The number of imide groups is 1. The number of rotatable bonds is 4. The van der Waals surface area contributed by atoms with Gasteiger partial charge in [-0.3, -0.25) is 14.5 Å². The van der Waals surface area contributed by atoms with Crippen LogP contribution in [0.3, 0.4) is 0 Å². The Bertz CT molecular complexity index is 703. The summed E-state index contributed by atoms with van der Waals surface area (Å²) in [5.41, 5.74) is 1.11. The topological polar surface area (TPSA) is 78.5 Å². The van der Waals surface area contributed by atoms with Crippen molar-refractivity contribution in [1.29, 1.82) is 0 Å². The average molecular weight is 343 g/mol. The van der Waals surface area contributed by atoms with E-state index in [1.165, 1.54) is 11.8 Å². The smallest absolute Gasteiger partial charge is 0.325 e. The number of carbonyl (C=O) groups is 3. The van der Waals surface area contributed by atoms with Gasteiger partial charge in [-0.2, -0.15) is 0 Å². The Balaban J connectivity index is 1.74. The zero-order chi connectivity index (χ0) is 18.0. The predicted octanol–water partition coefficient (Wildman–Crippen LogP) is 2.32. The van der Waals surface area contributed by atoms with E-state index in [0.717, 1.165) is 36.8 Å². The molecule has 3 rings (SSSR count). The quantitative estimate of drug-likeness (QED) is 0.824. The summed E-state index contributed by atoms with van der Waals surface area (Å²) in [5, 5.41) is 5.73. The van der Waals surface area contributed by atoms with Gasteiger partial charge in [-0.1, -0.05) is 44.0 Å². The Labute approximate surface area is 148 Å². The van der Waals surface area contributed by atoms with Crippen LogP contribution in [0.15, 0.2) is 24.3 Å². The lowest BCUT2D eigenvalue weighted by atomic mass is 9.73. The van der Waals surface area contributed by atoms with Gasteiger partial charge in [-0.25, -0.2) is 4.79 Å². The Morgan fingerprint density at radius 3 is 2.80 bits per heavy atom. The van der Waals surface area contributed by atoms with E-state index in [-0.39, 0.29) is 30.3 Å². The first-order valence-electron chi connectivity index (χ1n) is 8.89. The summed E-state index contributed by atoms with van der Waals surface area (Å²) in [5.74, 6) is -0.0292. The molecule has 2 N–H and O–H groups in total. The predicted molar refractivity (Wildman–Crippen MR) is 93.4 cm³/mol. The van der Waals surface area contributed by atoms with Gasteiger partial charge in [0.1, 0.15) is 5.54 Å². The van der Waals surface area contributed by atoms with E-state index in [2.05, 4.69) is 17.6 Å². The van der Waals surface area contributed by atoms with Crippen LogP contribution in [0.2, 0.25) is 0 Å². The number of hydrogen-bond donors (Lipinski definition) is 2. The number of carbonyl (C=O) groups excluding carboxylic acids is 3. The second-order valence-electron chi connectivity index (χ2n) is 7.17. The maximum absolute atomic E-state index is 13.0. The van der Waals surface area contributed by atoms with Crippen molar-refractivity contribution < 1.29 is 14.4 Å². The fourth-order valence-corrected chi connectivity index (χ4v) is 3.89. The molecule has 0 bridgehead atoms. The van der Waals surface area contributed by atoms with Gasteiger partial charge in [0.05, 0.1) is 6.54 Å². The summed E-state index contributed by atoms with van der Waals surface area (Å²) in [6, 6.07) is 7.31. The Kier molecular flexibility index (Phi) is 4.79. The number of urea groups is 1. The molecule has 1 saturated carbocycles. The molecule has 25 heavy (non-hydrogen) atoms. The molecule has 6 heteroatoms. The van der Waals surface area contributed by atoms with Crippen LogP contribution in [0.4, 0.5) is 4.79 Å². The van der Waals surface area contributed by atoms with Gasteiger partial charge in [0.15, 0.2) is 0 Å². The third-order valence-electron chi connectivity index (χ3n) is 5.37. The van der Waals surface area contributed by atoms with Crippen LogP contribution < -0.4 is 10.6 Å². The zero-order valence-corrected chi connectivity index (χ0v) is 14.8. The molecule has 6 nitrogen and oxygen atoms in total. The summed E-state index contributed by atoms with van der Waals surface area (Å²) in [4.78, 5) is 37.8. The van der Waals surface area contributed by atoms with E-state index in [4.69, 9.17) is 0 Å². The molecule has 0 aromatic heterocycles. The van der Waals surface area contributed by atoms with Crippen molar-refractivity contribution in [2.45, 2.75) is 58.2 Å². The zero-order valence-electron chi connectivity index (χ0n) is 14.8. The van der Waals surface area contributed by atoms with Crippen molar-refractivity contribution in [3.05, 3.63) is 35.4 Å². The lowest BCUT2D eigenvalue weighted by Crippen LogP contribution is -2.53. The van der Waals surface area contributed by atoms with Crippen LogP contribution in [0, 0.1) is 5.92 Å². The highest BCUT2D eigenvalue weighted by atomic mass is 16.2. The van der Waals surface area contributed by atoms with Gasteiger partial charge in [-0.05, 0) is 29.9 Å². The first-order valence-corrected chi connectivity index (χ1v) is 8.89. The van der Waals surface area contributed by atoms with Gasteiger partial charge in [-0.15, -0.1) is 0 Å². The fraction of sp³-hybridized carbons (Fsp3) is 0.526. The lowest BCUT2D eigenvalue weighted by molar-refractivity contribution is -0.134. The van der Waals surface area contributed by atoms with Gasteiger partial charge in [0.25, 0.3) is 5.91 Å². The molecule has 2 fully saturated rings. The van der Waals surface area contributed by atoms with Crippen LogP contribution in [-0.4, -0.2) is 28.3 Å². The Hall–Kier alpha value is -2.37. The van der Waals surface area contributed by atoms with Gasteiger partial charge < -0.3 is 10.6 Å². The van der Waals surface area contributed by atoms with Crippen LogP contribution in [0.5, 0.6) is 0 Å². The average Bonchev–Trinajstić information content (AvgIpc) is 2.81. The number of amides is 4. The molecular weight excluding hydrogens is 318 g/mol. The van der Waals surface area contributed by atoms with E-state index in [1.807, 2.05) is 24.3 Å². The van der Waals surface area contributed by atoms with E-state index < -0.39 is 5.54 Å². The second kappa shape index (κ2) is 6.86. The molecule has 1 aromatic carbocycles. The summed E-state index contributed by atoms with van der Waals surface area (Å²) >= 11 is 0. The lowest BCUT2D eigenvalue weighted by Gasteiger charge is -2.36. The maximum atomic E-state index is 13.0. The molecule has 2 atom stereocenters. The Morgan fingerprint density at radius 1 is 1.32 bits per heavy atom.